The summed E-state index contributed by atoms with van der Waals surface area (Å²) in [5, 5.41) is 0. The van der Waals surface area contributed by atoms with Gasteiger partial charge in [0.05, 0.1) is 12.1 Å². The van der Waals surface area contributed by atoms with Crippen molar-refractivity contribution in [3.05, 3.63) is 12.2 Å². The molecule has 1 heterocycles. The van der Waals surface area contributed by atoms with Crippen LogP contribution in [0.4, 0.5) is 4.79 Å². The van der Waals surface area contributed by atoms with E-state index in [1.165, 1.54) is 5.57 Å². The number of ether oxygens (including phenoxy) is 1. The molecule has 0 aromatic rings. The lowest BCUT2D eigenvalue weighted by Crippen LogP contribution is -2.47. The first-order valence-corrected chi connectivity index (χ1v) is 8.13. The van der Waals surface area contributed by atoms with Gasteiger partial charge in [0.2, 0.25) is 7.85 Å². The minimum Gasteiger partial charge on any atom is -0.351 e. The molecule has 4 heteroatoms. The molecule has 1 saturated carbocycles. The lowest BCUT2D eigenvalue weighted by atomic mass is 9.84. The zero-order valence-corrected chi connectivity index (χ0v) is 14.1. The number of hydrogen-bond donors (Lipinski definition) is 0. The van der Waals surface area contributed by atoms with Gasteiger partial charge < -0.3 is 9.64 Å². The second-order valence-corrected chi connectivity index (χ2v) is 7.31. The van der Waals surface area contributed by atoms with Crippen LogP contribution in [0.25, 0.3) is 0 Å². The number of hydrogen-bond acceptors (Lipinski definition) is 2. The predicted molar refractivity (Wildman–Crippen MR) is 86.2 cm³/mol. The maximum absolute atomic E-state index is 11.8. The van der Waals surface area contributed by atoms with E-state index >= 15 is 0 Å². The summed E-state index contributed by atoms with van der Waals surface area (Å²) < 4.78 is 6.22. The Morgan fingerprint density at radius 1 is 1.48 bits per heavy atom. The normalized spacial score (nSPS) is 39.0. The molecule has 1 saturated heterocycles. The van der Waals surface area contributed by atoms with Crippen molar-refractivity contribution in [2.45, 2.75) is 71.8 Å². The van der Waals surface area contributed by atoms with E-state index in [4.69, 9.17) is 12.6 Å². The van der Waals surface area contributed by atoms with Gasteiger partial charge in [0, 0.05) is 0 Å². The molecule has 5 unspecified atom stereocenters. The first-order chi connectivity index (χ1) is 9.69. The van der Waals surface area contributed by atoms with E-state index in [0.717, 1.165) is 19.3 Å². The van der Waals surface area contributed by atoms with Gasteiger partial charge in [-0.05, 0) is 50.9 Å². The summed E-state index contributed by atoms with van der Waals surface area (Å²) in [6, 6.07) is 0.0748. The van der Waals surface area contributed by atoms with Crippen LogP contribution in [0.15, 0.2) is 12.2 Å². The second kappa shape index (κ2) is 5.79. The van der Waals surface area contributed by atoms with Gasteiger partial charge in [-0.2, -0.15) is 0 Å². The quantitative estimate of drug-likeness (QED) is 0.585. The molecule has 1 aliphatic carbocycles. The van der Waals surface area contributed by atoms with Crippen molar-refractivity contribution in [3.63, 3.8) is 0 Å². The molecule has 1 amide bonds. The van der Waals surface area contributed by atoms with Crippen LogP contribution in [0.2, 0.25) is 0 Å². The van der Waals surface area contributed by atoms with Crippen molar-refractivity contribution >= 4 is 13.7 Å². The average molecular weight is 289 g/mol. The van der Waals surface area contributed by atoms with Crippen LogP contribution in [0.5, 0.6) is 0 Å². The third-order valence-corrected chi connectivity index (χ3v) is 5.54. The number of rotatable bonds is 3. The Bertz CT molecular complexity index is 435. The third kappa shape index (κ3) is 2.92. The second-order valence-electron chi connectivity index (χ2n) is 7.31. The van der Waals surface area contributed by atoms with E-state index in [1.54, 1.807) is 4.90 Å². The van der Waals surface area contributed by atoms with E-state index in [1.807, 2.05) is 13.8 Å². The average Bonchev–Trinajstić information content (AvgIpc) is 2.76. The summed E-state index contributed by atoms with van der Waals surface area (Å²) in [6.45, 7) is 14.7. The molecule has 2 rings (SSSR count). The number of carbonyl (C=O) groups excluding carboxylic acids is 1. The Balaban J connectivity index is 2.17. The number of carbonyl (C=O) groups is 1. The lowest BCUT2D eigenvalue weighted by molar-refractivity contribution is -0.0650. The van der Waals surface area contributed by atoms with Crippen LogP contribution in [-0.2, 0) is 4.74 Å². The van der Waals surface area contributed by atoms with Crippen molar-refractivity contribution < 1.29 is 9.53 Å². The monoisotopic (exact) mass is 289 g/mol. The first kappa shape index (κ1) is 16.6. The van der Waals surface area contributed by atoms with Crippen LogP contribution in [-0.4, -0.2) is 36.4 Å². The van der Waals surface area contributed by atoms with Gasteiger partial charge in [0.15, 0.2) is 5.81 Å². The van der Waals surface area contributed by atoms with E-state index in [2.05, 4.69) is 27.4 Å². The first-order valence-electron chi connectivity index (χ1n) is 8.13. The standard InChI is InChI=1S/C17H28BNO2/c1-7-14-15(21-17(5,6)19(14)16(18)20)9-13-11(3)8-10(2)12(13)4/h11-15H,2,7-9H2,1,3-6H3. The minimum absolute atomic E-state index is 0.0679. The van der Waals surface area contributed by atoms with Crippen LogP contribution in [0.1, 0.15) is 53.9 Å². The highest BCUT2D eigenvalue weighted by molar-refractivity contribution is 6.57. The van der Waals surface area contributed by atoms with Crippen molar-refractivity contribution in [1.29, 1.82) is 0 Å². The van der Waals surface area contributed by atoms with Crippen molar-refractivity contribution in [2.24, 2.45) is 17.8 Å². The molecule has 1 aliphatic heterocycles. The molecule has 2 fully saturated rings. The van der Waals surface area contributed by atoms with Gasteiger partial charge >= 0.3 is 0 Å². The Kier molecular flexibility index (Phi) is 4.58. The molecule has 5 atom stereocenters. The molecular formula is C17H28BNO2. The fourth-order valence-electron chi connectivity index (χ4n) is 4.40. The van der Waals surface area contributed by atoms with Gasteiger partial charge in [0.1, 0.15) is 5.72 Å². The summed E-state index contributed by atoms with van der Waals surface area (Å²) in [4.78, 5) is 13.5. The molecule has 3 nitrogen and oxygen atoms in total. The highest BCUT2D eigenvalue weighted by Crippen LogP contribution is 2.45. The van der Waals surface area contributed by atoms with E-state index in [0.29, 0.717) is 17.8 Å². The molecular weight excluding hydrogens is 261 g/mol. The summed E-state index contributed by atoms with van der Waals surface area (Å²) >= 11 is 0. The number of amides is 1. The van der Waals surface area contributed by atoms with Crippen molar-refractivity contribution in [3.8, 4) is 0 Å². The lowest BCUT2D eigenvalue weighted by Gasteiger charge is -2.33. The molecule has 21 heavy (non-hydrogen) atoms. The molecule has 2 radical (unpaired) electrons. The van der Waals surface area contributed by atoms with Crippen LogP contribution in [0, 0.1) is 17.8 Å². The topological polar surface area (TPSA) is 29.5 Å². The fraction of sp³-hybridized carbons (Fsp3) is 0.824. The van der Waals surface area contributed by atoms with E-state index in [9.17, 15) is 4.79 Å². The summed E-state index contributed by atoms with van der Waals surface area (Å²) in [7, 11) is 5.58. The summed E-state index contributed by atoms with van der Waals surface area (Å²) in [5.41, 5.74) is 0.740. The Morgan fingerprint density at radius 3 is 2.52 bits per heavy atom. The van der Waals surface area contributed by atoms with Gasteiger partial charge in [-0.1, -0.05) is 32.9 Å². The minimum atomic E-state index is -0.612. The van der Waals surface area contributed by atoms with Crippen LogP contribution >= 0.6 is 0 Å². The van der Waals surface area contributed by atoms with Crippen molar-refractivity contribution in [1.82, 2.24) is 4.90 Å². The largest absolute Gasteiger partial charge is 0.351 e. The number of nitrogens with zero attached hydrogens (tertiary/aromatic N) is 1. The maximum atomic E-state index is 11.8. The van der Waals surface area contributed by atoms with Crippen molar-refractivity contribution in [2.75, 3.05) is 0 Å². The van der Waals surface area contributed by atoms with Gasteiger partial charge in [-0.3, -0.25) is 4.79 Å². The smallest absolute Gasteiger partial charge is 0.200 e. The maximum Gasteiger partial charge on any atom is 0.200 e. The highest BCUT2D eigenvalue weighted by atomic mass is 16.5. The van der Waals surface area contributed by atoms with E-state index in [-0.39, 0.29) is 18.0 Å². The SMILES string of the molecule is [B]C(=O)N1C(CC)C(CC2C(C)CC(=C)C2C)OC1(C)C. The molecule has 116 valence electrons. The Labute approximate surface area is 130 Å². The zero-order valence-electron chi connectivity index (χ0n) is 14.1. The molecule has 0 aromatic heterocycles. The molecule has 0 bridgehead atoms. The molecule has 0 N–H and O–H groups in total. The van der Waals surface area contributed by atoms with Crippen LogP contribution in [0.3, 0.4) is 0 Å². The van der Waals surface area contributed by atoms with Gasteiger partial charge in [-0.25, -0.2) is 0 Å². The summed E-state index contributed by atoms with van der Waals surface area (Å²) in [6.07, 6.45) is 3.03. The summed E-state index contributed by atoms with van der Waals surface area (Å²) in [5.74, 6) is 1.37. The Hall–Kier alpha value is -0.765. The van der Waals surface area contributed by atoms with E-state index < -0.39 is 5.72 Å². The van der Waals surface area contributed by atoms with Crippen LogP contribution < -0.4 is 0 Å². The highest BCUT2D eigenvalue weighted by Gasteiger charge is 2.49. The van der Waals surface area contributed by atoms with Gasteiger partial charge in [-0.15, -0.1) is 0 Å². The molecule has 0 aromatic carbocycles. The zero-order chi connectivity index (χ0) is 15.9. The Morgan fingerprint density at radius 2 is 2.10 bits per heavy atom. The number of allylic oxidation sites excluding steroid dienone is 1. The third-order valence-electron chi connectivity index (χ3n) is 5.54. The molecule has 0 spiro atoms. The van der Waals surface area contributed by atoms with Gasteiger partial charge in [0.25, 0.3) is 0 Å². The predicted octanol–water partition coefficient (Wildman–Crippen LogP) is 3.73. The molecule has 2 aliphatic rings. The fourth-order valence-corrected chi connectivity index (χ4v) is 4.40.